The molecule has 3 fully saturated rings. The lowest BCUT2D eigenvalue weighted by molar-refractivity contribution is -0.104. The van der Waals surface area contributed by atoms with E-state index in [4.69, 9.17) is 4.74 Å². The first-order chi connectivity index (χ1) is 7.54. The van der Waals surface area contributed by atoms with Gasteiger partial charge >= 0.3 is 0 Å². The van der Waals surface area contributed by atoms with Crippen LogP contribution in [0.15, 0.2) is 0 Å². The smallest absolute Gasteiger partial charge is 0.0609 e. The van der Waals surface area contributed by atoms with Crippen LogP contribution in [-0.2, 0) is 4.74 Å². The summed E-state index contributed by atoms with van der Waals surface area (Å²) in [5, 5.41) is 0. The van der Waals surface area contributed by atoms with Gasteiger partial charge in [-0.15, -0.1) is 0 Å². The number of ether oxygens (including phenoxy) is 1. The SMILES string of the molecule is CC1(C)CCC[C@]2(C)[C@H]3CCO[C@@H]3CC[C@@H]12. The van der Waals surface area contributed by atoms with Gasteiger partial charge in [0, 0.05) is 6.61 Å². The van der Waals surface area contributed by atoms with Crippen molar-refractivity contribution in [3.63, 3.8) is 0 Å². The van der Waals surface area contributed by atoms with Crippen molar-refractivity contribution in [1.29, 1.82) is 0 Å². The molecule has 3 rings (SSSR count). The predicted molar refractivity (Wildman–Crippen MR) is 66.3 cm³/mol. The number of hydrogen-bond acceptors (Lipinski definition) is 1. The van der Waals surface area contributed by atoms with Crippen LogP contribution in [0.3, 0.4) is 0 Å². The van der Waals surface area contributed by atoms with Crippen LogP contribution in [0.2, 0.25) is 0 Å². The molecule has 1 aliphatic heterocycles. The molecule has 0 spiro atoms. The van der Waals surface area contributed by atoms with Crippen molar-refractivity contribution in [1.82, 2.24) is 0 Å². The molecule has 0 aromatic heterocycles. The van der Waals surface area contributed by atoms with Gasteiger partial charge < -0.3 is 4.74 Å². The van der Waals surface area contributed by atoms with Crippen molar-refractivity contribution in [3.05, 3.63) is 0 Å². The van der Waals surface area contributed by atoms with E-state index in [2.05, 4.69) is 20.8 Å². The molecule has 0 radical (unpaired) electrons. The Kier molecular flexibility index (Phi) is 2.41. The van der Waals surface area contributed by atoms with E-state index in [-0.39, 0.29) is 0 Å². The average Bonchev–Trinajstić information content (AvgIpc) is 2.65. The minimum atomic E-state index is 0.570. The van der Waals surface area contributed by atoms with Crippen LogP contribution in [-0.4, -0.2) is 12.7 Å². The molecule has 2 saturated carbocycles. The Hall–Kier alpha value is -0.0400. The van der Waals surface area contributed by atoms with Crippen LogP contribution in [0.1, 0.15) is 59.3 Å². The van der Waals surface area contributed by atoms with E-state index < -0.39 is 0 Å². The molecular weight excluding hydrogens is 196 g/mol. The number of hydrogen-bond donors (Lipinski definition) is 0. The Balaban J connectivity index is 1.93. The van der Waals surface area contributed by atoms with Gasteiger partial charge in [-0.3, -0.25) is 0 Å². The van der Waals surface area contributed by atoms with Gasteiger partial charge in [-0.05, 0) is 54.8 Å². The summed E-state index contributed by atoms with van der Waals surface area (Å²) in [7, 11) is 0. The van der Waals surface area contributed by atoms with E-state index in [0.29, 0.717) is 16.9 Å². The van der Waals surface area contributed by atoms with Crippen molar-refractivity contribution in [2.75, 3.05) is 6.61 Å². The topological polar surface area (TPSA) is 9.23 Å². The van der Waals surface area contributed by atoms with Gasteiger partial charge in [0.15, 0.2) is 0 Å². The fraction of sp³-hybridized carbons (Fsp3) is 1.00. The molecule has 0 N–H and O–H groups in total. The third-order valence-electron chi connectivity index (χ3n) is 6.07. The lowest BCUT2D eigenvalue weighted by Gasteiger charge is -2.57. The zero-order chi connectivity index (χ0) is 11.4. The minimum absolute atomic E-state index is 0.570. The molecule has 92 valence electrons. The molecule has 0 bridgehead atoms. The van der Waals surface area contributed by atoms with Gasteiger partial charge in [0.2, 0.25) is 0 Å². The summed E-state index contributed by atoms with van der Waals surface area (Å²) in [6, 6.07) is 0. The fourth-order valence-electron chi connectivity index (χ4n) is 5.35. The van der Waals surface area contributed by atoms with Gasteiger partial charge in [-0.25, -0.2) is 0 Å². The lowest BCUT2D eigenvalue weighted by atomic mass is 9.48. The Morgan fingerprint density at radius 1 is 1.00 bits per heavy atom. The largest absolute Gasteiger partial charge is 0.378 e. The average molecular weight is 222 g/mol. The zero-order valence-electron chi connectivity index (χ0n) is 11.1. The number of fused-ring (bicyclic) bond motifs is 3. The molecule has 1 nitrogen and oxygen atoms in total. The summed E-state index contributed by atoms with van der Waals surface area (Å²) in [6.07, 6.45) is 8.99. The van der Waals surface area contributed by atoms with Gasteiger partial charge in [0.05, 0.1) is 6.10 Å². The van der Waals surface area contributed by atoms with E-state index in [9.17, 15) is 0 Å². The highest BCUT2D eigenvalue weighted by molar-refractivity contribution is 5.05. The standard InChI is InChI=1S/C15H26O/c1-14(2)8-4-9-15(3)11-7-10-16-12(11)5-6-13(14)15/h11-13H,4-10H2,1-3H3/t11-,12+,13-,15+/m0/s1. The Morgan fingerprint density at radius 3 is 2.62 bits per heavy atom. The van der Waals surface area contributed by atoms with Crippen LogP contribution in [0.25, 0.3) is 0 Å². The molecule has 0 unspecified atom stereocenters. The first-order valence-corrected chi connectivity index (χ1v) is 7.16. The molecule has 16 heavy (non-hydrogen) atoms. The van der Waals surface area contributed by atoms with Crippen LogP contribution in [0.4, 0.5) is 0 Å². The van der Waals surface area contributed by atoms with Crippen LogP contribution in [0, 0.1) is 22.7 Å². The molecule has 2 aliphatic carbocycles. The Bertz CT molecular complexity index is 283. The van der Waals surface area contributed by atoms with Crippen LogP contribution in [0.5, 0.6) is 0 Å². The first-order valence-electron chi connectivity index (χ1n) is 7.16. The molecule has 1 saturated heterocycles. The summed E-state index contributed by atoms with van der Waals surface area (Å²) < 4.78 is 5.94. The summed E-state index contributed by atoms with van der Waals surface area (Å²) in [6.45, 7) is 8.61. The third kappa shape index (κ3) is 1.40. The van der Waals surface area contributed by atoms with Gasteiger partial charge in [0.25, 0.3) is 0 Å². The second kappa shape index (κ2) is 3.48. The van der Waals surface area contributed by atoms with E-state index in [0.717, 1.165) is 18.4 Å². The van der Waals surface area contributed by atoms with Gasteiger partial charge in [0.1, 0.15) is 0 Å². The minimum Gasteiger partial charge on any atom is -0.378 e. The maximum Gasteiger partial charge on any atom is 0.0609 e. The van der Waals surface area contributed by atoms with Gasteiger partial charge in [-0.1, -0.05) is 27.2 Å². The summed E-state index contributed by atoms with van der Waals surface area (Å²) in [5.41, 5.74) is 1.15. The fourth-order valence-corrected chi connectivity index (χ4v) is 5.35. The molecular formula is C15H26O. The van der Waals surface area contributed by atoms with Crippen molar-refractivity contribution in [2.45, 2.75) is 65.4 Å². The normalized spacial score (nSPS) is 50.8. The highest BCUT2D eigenvalue weighted by atomic mass is 16.5. The summed E-state index contributed by atoms with van der Waals surface area (Å²) in [4.78, 5) is 0. The molecule has 0 amide bonds. The highest BCUT2D eigenvalue weighted by Crippen LogP contribution is 2.61. The quantitative estimate of drug-likeness (QED) is 0.601. The van der Waals surface area contributed by atoms with Crippen LogP contribution < -0.4 is 0 Å². The van der Waals surface area contributed by atoms with Crippen molar-refractivity contribution in [3.8, 4) is 0 Å². The molecule has 4 atom stereocenters. The number of rotatable bonds is 0. The molecule has 1 heterocycles. The molecule has 3 aliphatic rings. The second-order valence-electron chi connectivity index (χ2n) is 7.28. The molecule has 1 heteroatoms. The lowest BCUT2D eigenvalue weighted by Crippen LogP contribution is -2.51. The monoisotopic (exact) mass is 222 g/mol. The maximum atomic E-state index is 5.94. The van der Waals surface area contributed by atoms with Crippen molar-refractivity contribution >= 4 is 0 Å². The Morgan fingerprint density at radius 2 is 1.81 bits per heavy atom. The summed E-state index contributed by atoms with van der Waals surface area (Å²) in [5.74, 6) is 1.81. The third-order valence-corrected chi connectivity index (χ3v) is 6.07. The Labute approximate surface area is 99.9 Å². The summed E-state index contributed by atoms with van der Waals surface area (Å²) >= 11 is 0. The molecule has 0 aromatic carbocycles. The van der Waals surface area contributed by atoms with E-state index in [1.54, 1.807) is 0 Å². The zero-order valence-corrected chi connectivity index (χ0v) is 11.1. The van der Waals surface area contributed by atoms with Crippen LogP contribution >= 0.6 is 0 Å². The second-order valence-corrected chi connectivity index (χ2v) is 7.28. The van der Waals surface area contributed by atoms with E-state index in [1.165, 1.54) is 38.5 Å². The van der Waals surface area contributed by atoms with Gasteiger partial charge in [-0.2, -0.15) is 0 Å². The first kappa shape index (κ1) is 11.1. The highest BCUT2D eigenvalue weighted by Gasteiger charge is 2.55. The maximum absolute atomic E-state index is 5.94. The predicted octanol–water partition coefficient (Wildman–Crippen LogP) is 4.02. The molecule has 0 aromatic rings. The van der Waals surface area contributed by atoms with E-state index in [1.807, 2.05) is 0 Å². The van der Waals surface area contributed by atoms with Crippen molar-refractivity contribution in [2.24, 2.45) is 22.7 Å². The van der Waals surface area contributed by atoms with Crippen molar-refractivity contribution < 1.29 is 4.74 Å². The van der Waals surface area contributed by atoms with E-state index >= 15 is 0 Å².